The Balaban J connectivity index is 0.990. The molecule has 0 saturated carbocycles. The normalized spacial score (nSPS) is 14.7. The lowest BCUT2D eigenvalue weighted by molar-refractivity contribution is 0.349. The molecule has 10 aromatic rings. The highest BCUT2D eigenvalue weighted by molar-refractivity contribution is 5.84. The number of hydrogen-bond donors (Lipinski definition) is 0. The molecule has 0 amide bonds. The summed E-state index contributed by atoms with van der Waals surface area (Å²) in [4.78, 5) is 4.93. The van der Waals surface area contributed by atoms with Gasteiger partial charge >= 0.3 is 0 Å². The standard InChI is InChI=1S/C71H62N2/c1-49-17-21-53(22-18-49)57-29-37-61(38-30-57)72(59-33-25-55(26-34-59)51-13-9-7-10-14-51)63-41-43-65-67(45-63)71(47-69(65,3)4)48-70(5,6)66-44-42-64(46-68(66)71)73(60-35-27-56(28-36-60)52-15-11-8-12-16-52)62-39-31-58(32-40-62)54-23-19-50(2)20-24-54/h7-46H,47-48H2,1-6H3. The van der Waals surface area contributed by atoms with Gasteiger partial charge in [-0.25, -0.2) is 0 Å². The minimum atomic E-state index is -0.208. The molecular formula is C71H62N2. The van der Waals surface area contributed by atoms with Gasteiger partial charge in [0, 0.05) is 39.5 Å². The van der Waals surface area contributed by atoms with Crippen LogP contribution in [-0.4, -0.2) is 0 Å². The zero-order chi connectivity index (χ0) is 49.9. The number of fused-ring (bicyclic) bond motifs is 4. The van der Waals surface area contributed by atoms with Crippen molar-refractivity contribution in [2.45, 2.75) is 70.6 Å². The second-order valence-corrected chi connectivity index (χ2v) is 22.0. The van der Waals surface area contributed by atoms with Crippen molar-refractivity contribution in [2.24, 2.45) is 0 Å². The number of anilines is 6. The monoisotopic (exact) mass is 942 g/mol. The molecule has 0 aliphatic heterocycles. The molecule has 10 aromatic carbocycles. The van der Waals surface area contributed by atoms with Crippen molar-refractivity contribution in [2.75, 3.05) is 9.80 Å². The van der Waals surface area contributed by atoms with Gasteiger partial charge in [-0.05, 0) is 177 Å². The van der Waals surface area contributed by atoms with Crippen LogP contribution in [0.3, 0.4) is 0 Å². The molecule has 12 rings (SSSR count). The molecule has 2 aliphatic carbocycles. The first kappa shape index (κ1) is 45.9. The van der Waals surface area contributed by atoms with Gasteiger partial charge in [0.2, 0.25) is 0 Å². The van der Waals surface area contributed by atoms with Crippen LogP contribution in [0.25, 0.3) is 44.5 Å². The maximum atomic E-state index is 2.56. The molecule has 0 saturated heterocycles. The van der Waals surface area contributed by atoms with E-state index in [9.17, 15) is 0 Å². The Kier molecular flexibility index (Phi) is 11.4. The van der Waals surface area contributed by atoms with Crippen LogP contribution in [0.1, 0.15) is 73.9 Å². The van der Waals surface area contributed by atoms with Gasteiger partial charge in [-0.15, -0.1) is 0 Å². The van der Waals surface area contributed by atoms with Crippen LogP contribution >= 0.6 is 0 Å². The fourth-order valence-electron chi connectivity index (χ4n) is 12.5. The van der Waals surface area contributed by atoms with E-state index in [1.54, 1.807) is 0 Å². The minimum absolute atomic E-state index is 0.0435. The number of aryl methyl sites for hydroxylation is 2. The van der Waals surface area contributed by atoms with E-state index >= 15 is 0 Å². The molecule has 0 unspecified atom stereocenters. The molecular weight excluding hydrogens is 881 g/mol. The van der Waals surface area contributed by atoms with Crippen LogP contribution in [0, 0.1) is 13.8 Å². The molecule has 0 radical (unpaired) electrons. The maximum absolute atomic E-state index is 2.56. The topological polar surface area (TPSA) is 6.48 Å². The Bertz CT molecular complexity index is 3330. The predicted octanol–water partition coefficient (Wildman–Crippen LogP) is 19.6. The van der Waals surface area contributed by atoms with Gasteiger partial charge < -0.3 is 9.80 Å². The quantitative estimate of drug-likeness (QED) is 0.135. The Morgan fingerprint density at radius 3 is 0.795 bits per heavy atom. The summed E-state index contributed by atoms with van der Waals surface area (Å²) in [5.41, 5.74) is 24.6. The van der Waals surface area contributed by atoms with Gasteiger partial charge in [-0.3, -0.25) is 0 Å². The van der Waals surface area contributed by atoms with E-state index in [0.717, 1.165) is 35.6 Å². The van der Waals surface area contributed by atoms with E-state index < -0.39 is 0 Å². The van der Waals surface area contributed by atoms with Crippen LogP contribution in [0.5, 0.6) is 0 Å². The molecule has 356 valence electrons. The van der Waals surface area contributed by atoms with E-state index in [0.29, 0.717) is 0 Å². The average Bonchev–Trinajstić information content (AvgIpc) is 3.79. The van der Waals surface area contributed by atoms with Crippen LogP contribution < -0.4 is 9.80 Å². The third-order valence-corrected chi connectivity index (χ3v) is 16.0. The summed E-state index contributed by atoms with van der Waals surface area (Å²) < 4.78 is 0. The van der Waals surface area contributed by atoms with Crippen molar-refractivity contribution in [3.63, 3.8) is 0 Å². The number of benzene rings is 10. The molecule has 0 atom stereocenters. The lowest BCUT2D eigenvalue weighted by Gasteiger charge is -2.32. The van der Waals surface area contributed by atoms with Crippen LogP contribution in [0.2, 0.25) is 0 Å². The zero-order valence-corrected chi connectivity index (χ0v) is 42.9. The summed E-state index contributed by atoms with van der Waals surface area (Å²) in [7, 11) is 0. The van der Waals surface area contributed by atoms with Gasteiger partial charge in [0.1, 0.15) is 0 Å². The second-order valence-electron chi connectivity index (χ2n) is 22.0. The Labute approximate surface area is 432 Å². The summed E-state index contributed by atoms with van der Waals surface area (Å²) in [6.07, 6.45) is 2.07. The summed E-state index contributed by atoms with van der Waals surface area (Å²) in [6, 6.07) is 90.3. The van der Waals surface area contributed by atoms with E-state index in [1.807, 2.05) is 0 Å². The van der Waals surface area contributed by atoms with Crippen molar-refractivity contribution in [3.8, 4) is 44.5 Å². The van der Waals surface area contributed by atoms with Crippen LogP contribution in [-0.2, 0) is 16.2 Å². The molecule has 0 aromatic heterocycles. The Morgan fingerprint density at radius 1 is 0.260 bits per heavy atom. The van der Waals surface area contributed by atoms with Crippen molar-refractivity contribution >= 4 is 34.1 Å². The Hall–Kier alpha value is -8.20. The largest absolute Gasteiger partial charge is 0.310 e. The molecule has 0 N–H and O–H groups in total. The van der Waals surface area contributed by atoms with Crippen molar-refractivity contribution in [1.29, 1.82) is 0 Å². The molecule has 0 fully saturated rings. The van der Waals surface area contributed by atoms with Crippen molar-refractivity contribution in [1.82, 2.24) is 0 Å². The third kappa shape index (κ3) is 8.45. The van der Waals surface area contributed by atoms with E-state index in [4.69, 9.17) is 0 Å². The van der Waals surface area contributed by atoms with E-state index in [1.165, 1.54) is 89.3 Å². The maximum Gasteiger partial charge on any atom is 0.0464 e. The van der Waals surface area contributed by atoms with Crippen LogP contribution in [0.4, 0.5) is 34.1 Å². The van der Waals surface area contributed by atoms with Gasteiger partial charge in [-0.1, -0.05) is 209 Å². The second kappa shape index (κ2) is 18.1. The smallest absolute Gasteiger partial charge is 0.0464 e. The highest BCUT2D eigenvalue weighted by Crippen LogP contribution is 2.64. The molecule has 73 heavy (non-hydrogen) atoms. The summed E-state index contributed by atoms with van der Waals surface area (Å²) in [6.45, 7) is 14.2. The highest BCUT2D eigenvalue weighted by atomic mass is 15.1. The number of rotatable bonds is 10. The summed E-state index contributed by atoms with van der Waals surface area (Å²) in [5, 5.41) is 0. The Morgan fingerprint density at radius 2 is 0.507 bits per heavy atom. The van der Waals surface area contributed by atoms with Gasteiger partial charge in [0.15, 0.2) is 0 Å². The molecule has 2 heteroatoms. The zero-order valence-electron chi connectivity index (χ0n) is 42.9. The first-order valence-electron chi connectivity index (χ1n) is 26.0. The molecule has 2 aliphatic rings. The first-order valence-corrected chi connectivity index (χ1v) is 26.0. The number of nitrogens with zero attached hydrogens (tertiary/aromatic N) is 2. The van der Waals surface area contributed by atoms with Gasteiger partial charge in [0.25, 0.3) is 0 Å². The molecule has 1 spiro atoms. The summed E-state index contributed by atoms with van der Waals surface area (Å²) >= 11 is 0. The first-order chi connectivity index (χ1) is 35.4. The molecule has 2 nitrogen and oxygen atoms in total. The fraction of sp³-hybridized carbons (Fsp3) is 0.155. The lowest BCUT2D eigenvalue weighted by atomic mass is 9.72. The predicted molar refractivity (Wildman–Crippen MR) is 310 cm³/mol. The fourth-order valence-corrected chi connectivity index (χ4v) is 12.5. The lowest BCUT2D eigenvalue weighted by Crippen LogP contribution is -2.27. The van der Waals surface area contributed by atoms with E-state index in [-0.39, 0.29) is 16.2 Å². The minimum Gasteiger partial charge on any atom is -0.310 e. The summed E-state index contributed by atoms with van der Waals surface area (Å²) in [5.74, 6) is 0. The van der Waals surface area contributed by atoms with Crippen molar-refractivity contribution < 1.29 is 0 Å². The SMILES string of the molecule is Cc1ccc(-c2ccc(N(c3ccc(-c4ccccc4)cc3)c3ccc4c(c3)C3(CC4(C)C)CC(C)(C)c4ccc(N(c5ccc(-c6ccccc6)cc5)c5ccc(-c6ccc(C)cc6)cc5)cc43)cc2)cc1. The van der Waals surface area contributed by atoms with E-state index in [2.05, 4.69) is 294 Å². The third-order valence-electron chi connectivity index (χ3n) is 16.0. The van der Waals surface area contributed by atoms with Gasteiger partial charge in [0.05, 0.1) is 0 Å². The average molecular weight is 943 g/mol. The van der Waals surface area contributed by atoms with Crippen molar-refractivity contribution in [3.05, 3.63) is 276 Å². The van der Waals surface area contributed by atoms with Gasteiger partial charge in [-0.2, -0.15) is 0 Å². The number of hydrogen-bond acceptors (Lipinski definition) is 2. The molecule has 0 bridgehead atoms. The van der Waals surface area contributed by atoms with Crippen LogP contribution in [0.15, 0.2) is 243 Å². The highest BCUT2D eigenvalue weighted by Gasteiger charge is 2.56. The molecule has 0 heterocycles.